The second kappa shape index (κ2) is 11.7. The molecule has 2 aromatic carbocycles. The van der Waals surface area contributed by atoms with Crippen molar-refractivity contribution < 1.29 is 55.5 Å². The Balaban J connectivity index is 0.00000241. The number of nitrogens with zero attached hydrogens (tertiary/aromatic N) is 1. The second-order valence-corrected chi connectivity index (χ2v) is 9.20. The monoisotopic (exact) mass is 504 g/mol. The predicted octanol–water partition coefficient (Wildman–Crippen LogP) is 1.51. The maximum absolute atomic E-state index is 13.8. The number of fused-ring (bicyclic) bond motifs is 3. The first-order valence-corrected chi connectivity index (χ1v) is 11.7. The van der Waals surface area contributed by atoms with Gasteiger partial charge in [0, 0.05) is 33.6 Å². The van der Waals surface area contributed by atoms with Gasteiger partial charge in [-0.2, -0.15) is 0 Å². The molecule has 0 aliphatic rings. The van der Waals surface area contributed by atoms with E-state index in [-0.39, 0.29) is 61.2 Å². The topological polar surface area (TPSA) is 116 Å². The number of aliphatic hydroxyl groups excluding tert-OH is 2. The van der Waals surface area contributed by atoms with E-state index in [0.717, 1.165) is 27.6 Å². The van der Waals surface area contributed by atoms with Gasteiger partial charge in [0.05, 0.1) is 18.6 Å². The average molecular weight is 505 g/mol. The number of benzene rings is 2. The van der Waals surface area contributed by atoms with E-state index in [1.165, 1.54) is 12.1 Å². The summed E-state index contributed by atoms with van der Waals surface area (Å²) in [4.78, 5) is 27.1. The number of aromatic nitrogens is 2. The van der Waals surface area contributed by atoms with Crippen molar-refractivity contribution in [3.05, 3.63) is 70.4 Å². The Morgan fingerprint density at radius 2 is 1.75 bits per heavy atom. The summed E-state index contributed by atoms with van der Waals surface area (Å²) in [6, 6.07) is 13.6. The number of carbonyl (C=O) groups is 1. The predicted molar refractivity (Wildman–Crippen MR) is 134 cm³/mol. The summed E-state index contributed by atoms with van der Waals surface area (Å²) >= 11 is 0. The number of para-hydroxylation sites is 1. The molecule has 0 fully saturated rings. The first-order valence-electron chi connectivity index (χ1n) is 11.7. The van der Waals surface area contributed by atoms with Crippen molar-refractivity contribution in [2.24, 2.45) is 0 Å². The van der Waals surface area contributed by atoms with Gasteiger partial charge >= 0.3 is 35.5 Å². The van der Waals surface area contributed by atoms with Gasteiger partial charge in [0.25, 0.3) is 5.56 Å². The van der Waals surface area contributed by atoms with Gasteiger partial charge in [-0.3, -0.25) is 9.59 Å². The van der Waals surface area contributed by atoms with Crippen molar-refractivity contribution in [3.63, 3.8) is 0 Å². The fourth-order valence-electron chi connectivity index (χ4n) is 4.88. The van der Waals surface area contributed by atoms with E-state index >= 15 is 0 Å². The number of carboxylic acid groups (broad SMARTS) is 1. The molecule has 0 aliphatic heterocycles. The normalized spacial score (nSPS) is 13.2. The molecule has 0 bridgehead atoms. The fourth-order valence-corrected chi connectivity index (χ4v) is 4.88. The molecule has 2 heterocycles. The number of aromatic amines is 1. The molecule has 186 valence electrons. The van der Waals surface area contributed by atoms with Crippen LogP contribution in [-0.2, 0) is 11.2 Å². The zero-order chi connectivity index (χ0) is 25.3. The Kier molecular flexibility index (Phi) is 9.13. The third kappa shape index (κ3) is 5.74. The van der Waals surface area contributed by atoms with Crippen LogP contribution >= 0.6 is 0 Å². The van der Waals surface area contributed by atoms with Crippen LogP contribution in [0.15, 0.2) is 53.3 Å². The molecular formula is C27H30FN2NaO5. The van der Waals surface area contributed by atoms with Crippen LogP contribution in [0, 0.1) is 5.82 Å². The number of hydrogen-bond acceptors (Lipinski definition) is 4. The molecule has 2 atom stereocenters. The molecule has 4 rings (SSSR count). The number of nitrogens with one attached hydrogen (secondary N) is 1. The first-order chi connectivity index (χ1) is 16.7. The molecule has 9 heteroatoms. The number of pyridine rings is 1. The summed E-state index contributed by atoms with van der Waals surface area (Å²) in [5.41, 5.74) is 3.33. The number of hydrogen-bond donors (Lipinski definition) is 4. The quantitative estimate of drug-likeness (QED) is 0.258. The fraction of sp³-hybridized carbons (Fsp3) is 0.333. The van der Waals surface area contributed by atoms with E-state index in [1.54, 1.807) is 12.1 Å². The van der Waals surface area contributed by atoms with Crippen molar-refractivity contribution in [2.75, 3.05) is 0 Å². The van der Waals surface area contributed by atoms with Gasteiger partial charge in [-0.1, -0.05) is 30.3 Å². The zero-order valence-electron chi connectivity index (χ0n) is 21.7. The molecule has 0 spiro atoms. The molecule has 0 aliphatic carbocycles. The van der Waals surface area contributed by atoms with Gasteiger partial charge in [0.15, 0.2) is 0 Å². The first kappa shape index (κ1) is 28.1. The molecule has 36 heavy (non-hydrogen) atoms. The Morgan fingerprint density at radius 1 is 1.08 bits per heavy atom. The molecule has 2 aromatic heterocycles. The second-order valence-electron chi connectivity index (χ2n) is 9.20. The molecular weight excluding hydrogens is 474 g/mol. The molecule has 0 amide bonds. The Bertz CT molecular complexity index is 1440. The van der Waals surface area contributed by atoms with Crippen molar-refractivity contribution in [2.45, 2.75) is 57.8 Å². The number of halogens is 1. The summed E-state index contributed by atoms with van der Waals surface area (Å²) in [7, 11) is 0. The van der Waals surface area contributed by atoms with Crippen molar-refractivity contribution in [1.82, 2.24) is 9.55 Å². The van der Waals surface area contributed by atoms with Crippen LogP contribution in [0.25, 0.3) is 32.9 Å². The molecule has 0 saturated heterocycles. The number of carboxylic acids is 1. The summed E-state index contributed by atoms with van der Waals surface area (Å²) in [5.74, 6) is -1.50. The molecule has 0 radical (unpaired) electrons. The Morgan fingerprint density at radius 3 is 2.39 bits per heavy atom. The number of rotatable bonds is 9. The van der Waals surface area contributed by atoms with Gasteiger partial charge in [0.2, 0.25) is 0 Å². The summed E-state index contributed by atoms with van der Waals surface area (Å²) in [6.07, 6.45) is -1.96. The van der Waals surface area contributed by atoms with Crippen molar-refractivity contribution >= 4 is 27.8 Å². The SMILES string of the molecule is CC(C)n1c(CC[C@@H](O)C[C@@H](O)CC(=O)O)c(-c2ccc(F)cc2)c2c3ccccc3[nH]c(=O)c21.[H-].[Na+]. The van der Waals surface area contributed by atoms with E-state index in [9.17, 15) is 24.2 Å². The smallest absolute Gasteiger partial charge is 1.00 e. The van der Waals surface area contributed by atoms with Crippen LogP contribution in [0.3, 0.4) is 0 Å². The molecule has 0 unspecified atom stereocenters. The largest absolute Gasteiger partial charge is 1.00 e. The number of aliphatic carboxylic acids is 1. The molecule has 0 saturated carbocycles. The third-order valence-electron chi connectivity index (χ3n) is 6.28. The van der Waals surface area contributed by atoms with E-state index < -0.39 is 24.6 Å². The third-order valence-corrected chi connectivity index (χ3v) is 6.28. The average Bonchev–Trinajstić information content (AvgIpc) is 3.14. The maximum Gasteiger partial charge on any atom is 1.00 e. The minimum Gasteiger partial charge on any atom is -1.00 e. The van der Waals surface area contributed by atoms with Gasteiger partial charge in [-0.05, 0) is 56.9 Å². The van der Waals surface area contributed by atoms with Crippen molar-refractivity contribution in [1.29, 1.82) is 0 Å². The maximum atomic E-state index is 13.8. The van der Waals surface area contributed by atoms with E-state index in [1.807, 2.05) is 42.7 Å². The van der Waals surface area contributed by atoms with E-state index in [0.29, 0.717) is 17.5 Å². The van der Waals surface area contributed by atoms with Gasteiger partial charge < -0.3 is 26.3 Å². The molecule has 4 N–H and O–H groups in total. The van der Waals surface area contributed by atoms with Crippen molar-refractivity contribution in [3.8, 4) is 11.1 Å². The van der Waals surface area contributed by atoms with Gasteiger partial charge in [0.1, 0.15) is 11.3 Å². The standard InChI is InChI=1S/C27H29FN2O5.Na.H/c1-15(2)30-22(12-11-18(31)13-19(32)14-23(33)34)24(16-7-9-17(28)10-8-16)25-20-5-3-4-6-21(20)29-27(35)26(25)30;;/h3-10,15,18-19,31-32H,11-14H2,1-2H3,(H,29,35)(H,33,34);;/q;+1;-1/t18-,19-;;/m1../s1. The molecule has 4 aromatic rings. The van der Waals surface area contributed by atoms with Crippen LogP contribution in [0.2, 0.25) is 0 Å². The van der Waals surface area contributed by atoms with Gasteiger partial charge in [-0.25, -0.2) is 4.39 Å². The van der Waals surface area contributed by atoms with Crippen LogP contribution in [-0.4, -0.2) is 43.0 Å². The van der Waals surface area contributed by atoms with Crippen LogP contribution < -0.4 is 35.1 Å². The zero-order valence-corrected chi connectivity index (χ0v) is 22.7. The van der Waals surface area contributed by atoms with E-state index in [4.69, 9.17) is 5.11 Å². The van der Waals surface area contributed by atoms with Crippen LogP contribution in [0.1, 0.15) is 46.3 Å². The van der Waals surface area contributed by atoms with Gasteiger partial charge in [-0.15, -0.1) is 0 Å². The Hall–Kier alpha value is -2.49. The summed E-state index contributed by atoms with van der Waals surface area (Å²) in [6.45, 7) is 3.94. The van der Waals surface area contributed by atoms with Crippen LogP contribution in [0.5, 0.6) is 0 Å². The van der Waals surface area contributed by atoms with E-state index in [2.05, 4.69) is 4.98 Å². The number of aliphatic hydroxyl groups is 2. The summed E-state index contributed by atoms with van der Waals surface area (Å²) in [5, 5.41) is 31.0. The molecule has 7 nitrogen and oxygen atoms in total. The minimum atomic E-state index is -1.15. The minimum absolute atomic E-state index is 0. The Labute approximate surface area is 231 Å². The van der Waals surface area contributed by atoms with Crippen LogP contribution in [0.4, 0.5) is 4.39 Å². The number of H-pyrrole nitrogens is 1. The summed E-state index contributed by atoms with van der Waals surface area (Å²) < 4.78 is 15.7.